The lowest BCUT2D eigenvalue weighted by molar-refractivity contribution is -0.139. The van der Waals surface area contributed by atoms with E-state index in [1.807, 2.05) is 10.00 Å². The van der Waals surface area contributed by atoms with Crippen LogP contribution in [0.4, 0.5) is 32.3 Å². The van der Waals surface area contributed by atoms with Crippen LogP contribution in [0.15, 0.2) is 23.3 Å². The highest BCUT2D eigenvalue weighted by atomic mass is 19.4. The average Bonchev–Trinajstić information content (AvgIpc) is 3.30. The molecule has 4 rings (SSSR count). The van der Waals surface area contributed by atoms with Gasteiger partial charge in [-0.15, -0.1) is 0 Å². The van der Waals surface area contributed by atoms with Crippen molar-refractivity contribution in [3.05, 3.63) is 45.6 Å². The lowest BCUT2D eigenvalue weighted by Gasteiger charge is -2.35. The molecular weight excluding hydrogens is 496 g/mol. The summed E-state index contributed by atoms with van der Waals surface area (Å²) in [5.74, 6) is 0.0145. The lowest BCUT2D eigenvalue weighted by Crippen LogP contribution is -2.49. The number of anilines is 1. The second kappa shape index (κ2) is 10.0. The highest BCUT2D eigenvalue weighted by Crippen LogP contribution is 2.33. The number of carbonyl (C=O) groups excluding carboxylic acids is 1. The van der Waals surface area contributed by atoms with E-state index in [-0.39, 0.29) is 24.0 Å². The molecule has 1 unspecified atom stereocenters. The van der Waals surface area contributed by atoms with Crippen molar-refractivity contribution < 1.29 is 31.1 Å². The van der Waals surface area contributed by atoms with Crippen molar-refractivity contribution in [3.8, 4) is 0 Å². The molecule has 1 amide bonds. The first-order valence-corrected chi connectivity index (χ1v) is 11.3. The maximum atomic E-state index is 13.1. The first-order valence-electron chi connectivity index (χ1n) is 11.3. The third-order valence-corrected chi connectivity index (χ3v) is 6.33. The van der Waals surface area contributed by atoms with E-state index in [2.05, 4.69) is 15.1 Å². The van der Waals surface area contributed by atoms with Crippen LogP contribution < -0.4 is 10.5 Å². The quantitative estimate of drug-likeness (QED) is 0.607. The van der Waals surface area contributed by atoms with Crippen LogP contribution in [-0.2, 0) is 17.1 Å². The number of nitrogens with one attached hydrogen (secondary N) is 1. The number of rotatable bonds is 5. The number of aromatic nitrogens is 4. The third kappa shape index (κ3) is 5.77. The number of aromatic amines is 1. The van der Waals surface area contributed by atoms with Gasteiger partial charge in [-0.2, -0.15) is 31.4 Å². The molecule has 15 heteroatoms. The van der Waals surface area contributed by atoms with E-state index in [1.54, 1.807) is 9.80 Å². The van der Waals surface area contributed by atoms with Crippen molar-refractivity contribution in [2.75, 3.05) is 44.2 Å². The minimum Gasteiger partial charge on any atom is -0.339 e. The van der Waals surface area contributed by atoms with Crippen molar-refractivity contribution in [1.29, 1.82) is 0 Å². The Kier molecular flexibility index (Phi) is 7.20. The van der Waals surface area contributed by atoms with Crippen LogP contribution in [0.25, 0.3) is 0 Å². The number of piperazine rings is 1. The topological polar surface area (TPSA) is 98.3 Å². The third-order valence-electron chi connectivity index (χ3n) is 6.33. The molecule has 4 heterocycles. The van der Waals surface area contributed by atoms with Crippen molar-refractivity contribution in [2.45, 2.75) is 37.7 Å². The predicted octanol–water partition coefficient (Wildman–Crippen LogP) is 2.47. The Morgan fingerprint density at radius 3 is 2.28 bits per heavy atom. The molecule has 0 saturated carbocycles. The van der Waals surface area contributed by atoms with Gasteiger partial charge in [0.1, 0.15) is 5.56 Å². The number of carbonyl (C=O) groups is 1. The van der Waals surface area contributed by atoms with E-state index in [4.69, 9.17) is 0 Å². The van der Waals surface area contributed by atoms with E-state index >= 15 is 0 Å². The minimum atomic E-state index is -4.79. The van der Waals surface area contributed by atoms with Crippen molar-refractivity contribution in [3.63, 3.8) is 0 Å². The summed E-state index contributed by atoms with van der Waals surface area (Å²) in [4.78, 5) is 37.0. The zero-order valence-corrected chi connectivity index (χ0v) is 18.9. The molecule has 9 nitrogen and oxygen atoms in total. The van der Waals surface area contributed by atoms with Crippen LogP contribution in [0.1, 0.15) is 42.1 Å². The van der Waals surface area contributed by atoms with Gasteiger partial charge in [0.25, 0.3) is 5.56 Å². The maximum absolute atomic E-state index is 13.1. The fraction of sp³-hybridized carbons (Fsp3) is 0.571. The van der Waals surface area contributed by atoms with Crippen LogP contribution in [0.5, 0.6) is 0 Å². The normalized spacial score (nSPS) is 19.7. The first kappa shape index (κ1) is 25.9. The van der Waals surface area contributed by atoms with Crippen molar-refractivity contribution >= 4 is 11.9 Å². The van der Waals surface area contributed by atoms with E-state index < -0.39 is 35.1 Å². The average molecular weight is 519 g/mol. The number of alkyl halides is 6. The summed E-state index contributed by atoms with van der Waals surface area (Å²) < 4.78 is 77.4. The molecule has 1 atom stereocenters. The molecule has 2 fully saturated rings. The molecule has 0 aliphatic carbocycles. The Balaban J connectivity index is 1.30. The van der Waals surface area contributed by atoms with Gasteiger partial charge in [-0.05, 0) is 25.5 Å². The van der Waals surface area contributed by atoms with Gasteiger partial charge in [0.2, 0.25) is 11.9 Å². The summed E-state index contributed by atoms with van der Waals surface area (Å²) in [5, 5.41) is 5.72. The van der Waals surface area contributed by atoms with Gasteiger partial charge >= 0.3 is 12.4 Å². The molecule has 2 aliphatic rings. The summed E-state index contributed by atoms with van der Waals surface area (Å²) in [6.45, 7) is 2.27. The fourth-order valence-electron chi connectivity index (χ4n) is 4.42. The first-order chi connectivity index (χ1) is 16.9. The summed E-state index contributed by atoms with van der Waals surface area (Å²) >= 11 is 0. The van der Waals surface area contributed by atoms with Crippen LogP contribution in [0, 0.1) is 0 Å². The molecule has 0 bridgehead atoms. The van der Waals surface area contributed by atoms with Crippen LogP contribution in [-0.4, -0.2) is 75.1 Å². The van der Waals surface area contributed by atoms with Crippen LogP contribution in [0.3, 0.4) is 0 Å². The number of amides is 1. The summed E-state index contributed by atoms with van der Waals surface area (Å²) in [6, 6.07) is 0.330. The second-order valence-corrected chi connectivity index (χ2v) is 8.61. The Labute approximate surface area is 201 Å². The zero-order valence-electron chi connectivity index (χ0n) is 18.9. The van der Waals surface area contributed by atoms with Gasteiger partial charge in [-0.3, -0.25) is 14.5 Å². The monoisotopic (exact) mass is 519 g/mol. The summed E-state index contributed by atoms with van der Waals surface area (Å²) in [5.41, 5.74) is -3.43. The van der Waals surface area contributed by atoms with Gasteiger partial charge in [-0.1, -0.05) is 0 Å². The number of hydrogen-bond donors (Lipinski definition) is 1. The number of hydrogen-bond acceptors (Lipinski definition) is 7. The fourth-order valence-corrected chi connectivity index (χ4v) is 4.42. The Morgan fingerprint density at radius 2 is 1.67 bits per heavy atom. The van der Waals surface area contributed by atoms with E-state index in [0.717, 1.165) is 18.5 Å². The Hall–Kier alpha value is -3.23. The molecule has 196 valence electrons. The van der Waals surface area contributed by atoms with Crippen LogP contribution in [0.2, 0.25) is 0 Å². The predicted molar refractivity (Wildman–Crippen MR) is 114 cm³/mol. The standard InChI is InChI=1S/C21H23F6N7O2/c22-20(23,24)13-11-28-19(29-12-13)34-8-6-33(7-9-34)17(35)3-5-32-4-1-2-16(32)15-10-14(21(25,26)27)18(36)31-30-15/h10-12,16H,1-9H2,(H,31,36). The number of likely N-dealkylation sites (tertiary alicyclic amines) is 1. The van der Waals surface area contributed by atoms with E-state index in [0.29, 0.717) is 52.1 Å². The van der Waals surface area contributed by atoms with Gasteiger partial charge in [0.05, 0.1) is 17.3 Å². The molecule has 2 saturated heterocycles. The number of halogens is 6. The molecule has 2 aliphatic heterocycles. The molecular formula is C21H23F6N7O2. The molecule has 2 aromatic heterocycles. The highest BCUT2D eigenvalue weighted by Gasteiger charge is 2.37. The van der Waals surface area contributed by atoms with Gasteiger partial charge in [0.15, 0.2) is 0 Å². The van der Waals surface area contributed by atoms with Gasteiger partial charge < -0.3 is 9.80 Å². The second-order valence-electron chi connectivity index (χ2n) is 8.61. The van der Waals surface area contributed by atoms with E-state index in [1.165, 1.54) is 0 Å². The van der Waals surface area contributed by atoms with Crippen molar-refractivity contribution in [1.82, 2.24) is 30.0 Å². The van der Waals surface area contributed by atoms with Gasteiger partial charge in [-0.25, -0.2) is 15.1 Å². The zero-order chi connectivity index (χ0) is 26.1. The Bertz CT molecular complexity index is 1130. The lowest BCUT2D eigenvalue weighted by atomic mass is 10.1. The minimum absolute atomic E-state index is 0.108. The van der Waals surface area contributed by atoms with E-state index in [9.17, 15) is 35.9 Å². The van der Waals surface area contributed by atoms with Crippen LogP contribution >= 0.6 is 0 Å². The summed E-state index contributed by atoms with van der Waals surface area (Å²) in [7, 11) is 0. The number of H-pyrrole nitrogens is 1. The smallest absolute Gasteiger partial charge is 0.339 e. The van der Waals surface area contributed by atoms with Crippen molar-refractivity contribution in [2.24, 2.45) is 0 Å². The molecule has 0 spiro atoms. The molecule has 0 aromatic carbocycles. The molecule has 36 heavy (non-hydrogen) atoms. The Morgan fingerprint density at radius 1 is 1.00 bits per heavy atom. The summed E-state index contributed by atoms with van der Waals surface area (Å²) in [6.07, 6.45) is -6.46. The largest absolute Gasteiger partial charge is 0.421 e. The SMILES string of the molecule is O=C(CCN1CCCC1c1cc(C(F)(F)F)c(=O)[nH]n1)N1CCN(c2ncc(C(F)(F)F)cn2)CC1. The number of nitrogens with zero attached hydrogens (tertiary/aromatic N) is 6. The maximum Gasteiger partial charge on any atom is 0.421 e. The molecule has 2 aromatic rings. The highest BCUT2D eigenvalue weighted by molar-refractivity contribution is 5.76. The molecule has 0 radical (unpaired) electrons. The molecule has 1 N–H and O–H groups in total. The van der Waals surface area contributed by atoms with Gasteiger partial charge in [0, 0.05) is 51.5 Å².